The molecule has 1 aromatic carbocycles. The van der Waals surface area contributed by atoms with Crippen LogP contribution in [0.2, 0.25) is 0 Å². The van der Waals surface area contributed by atoms with Gasteiger partial charge in [-0.25, -0.2) is 0 Å². The van der Waals surface area contributed by atoms with Gasteiger partial charge in [0, 0.05) is 25.0 Å². The van der Waals surface area contributed by atoms with Crippen LogP contribution >= 0.6 is 0 Å². The second-order valence-corrected chi connectivity index (χ2v) is 6.90. The number of nitrogens with zero attached hydrogens (tertiary/aromatic N) is 1. The molecular weight excluding hydrogens is 320 g/mol. The second kappa shape index (κ2) is 8.65. The maximum Gasteiger partial charge on any atom is 0.234 e. The summed E-state index contributed by atoms with van der Waals surface area (Å²) in [5.41, 5.74) is 1.04. The molecule has 6 heteroatoms. The number of aliphatic hydroxyl groups is 1. The lowest BCUT2D eigenvalue weighted by molar-refractivity contribution is -0.126. The van der Waals surface area contributed by atoms with Crippen LogP contribution < -0.4 is 10.1 Å². The number of hydrogen-bond donors (Lipinski definition) is 2. The molecule has 1 amide bonds. The molecule has 2 aliphatic rings. The fourth-order valence-corrected chi connectivity index (χ4v) is 3.85. The fourth-order valence-electron chi connectivity index (χ4n) is 3.85. The Morgan fingerprint density at radius 2 is 2.16 bits per heavy atom. The lowest BCUT2D eigenvalue weighted by atomic mass is 9.94. The molecular formula is C19H28N2O4. The van der Waals surface area contributed by atoms with Gasteiger partial charge in [-0.15, -0.1) is 0 Å². The molecule has 0 unspecified atom stereocenters. The summed E-state index contributed by atoms with van der Waals surface area (Å²) in [5.74, 6) is 1.03. The Labute approximate surface area is 149 Å². The minimum atomic E-state index is -0.267. The molecule has 0 spiro atoms. The molecule has 1 aliphatic heterocycles. The number of hydrogen-bond acceptors (Lipinski definition) is 5. The van der Waals surface area contributed by atoms with Crippen molar-refractivity contribution in [2.24, 2.45) is 5.92 Å². The number of amides is 1. The number of benzene rings is 1. The largest absolute Gasteiger partial charge is 0.497 e. The normalized spacial score (nSPS) is 27.2. The first-order valence-electron chi connectivity index (χ1n) is 9.07. The number of carbonyl (C=O) groups excluding carboxylic acids is 1. The predicted octanol–water partition coefficient (Wildman–Crippen LogP) is 1.17. The first-order valence-corrected chi connectivity index (χ1v) is 9.07. The summed E-state index contributed by atoms with van der Waals surface area (Å²) in [6.45, 7) is 2.85. The molecule has 1 saturated carbocycles. The van der Waals surface area contributed by atoms with Crippen LogP contribution in [0.5, 0.6) is 5.75 Å². The zero-order valence-electron chi connectivity index (χ0n) is 14.8. The number of ether oxygens (including phenoxy) is 2. The summed E-state index contributed by atoms with van der Waals surface area (Å²) in [6.07, 6.45) is 2.66. The summed E-state index contributed by atoms with van der Waals surface area (Å²) in [4.78, 5) is 14.5. The van der Waals surface area contributed by atoms with Crippen molar-refractivity contribution in [2.75, 3.05) is 33.4 Å². The molecule has 0 radical (unpaired) electrons. The molecule has 25 heavy (non-hydrogen) atoms. The van der Waals surface area contributed by atoms with E-state index in [0.29, 0.717) is 26.3 Å². The lowest BCUT2D eigenvalue weighted by Crippen LogP contribution is -2.53. The second-order valence-electron chi connectivity index (χ2n) is 6.90. The molecule has 1 aromatic rings. The number of aliphatic hydroxyl groups excluding tert-OH is 1. The molecule has 0 aromatic heterocycles. The van der Waals surface area contributed by atoms with E-state index >= 15 is 0 Å². The molecule has 2 fully saturated rings. The highest BCUT2D eigenvalue weighted by atomic mass is 16.5. The molecule has 0 bridgehead atoms. The van der Waals surface area contributed by atoms with E-state index in [1.165, 1.54) is 0 Å². The van der Waals surface area contributed by atoms with Crippen molar-refractivity contribution in [2.45, 2.75) is 38.0 Å². The Bertz CT molecular complexity index is 563. The molecule has 2 N–H and O–H groups in total. The summed E-state index contributed by atoms with van der Waals surface area (Å²) in [6, 6.07) is 7.82. The SMILES string of the molecule is COc1ccc(CNC(=O)CN2CCOC[C@@H]2[C@@H]2CCC[C@@H]2O)cc1. The Kier molecular flexibility index (Phi) is 6.29. The first-order chi connectivity index (χ1) is 12.2. The zero-order valence-corrected chi connectivity index (χ0v) is 14.8. The van der Waals surface area contributed by atoms with Crippen LogP contribution in [0.1, 0.15) is 24.8 Å². The average Bonchev–Trinajstić information content (AvgIpc) is 3.07. The van der Waals surface area contributed by atoms with Gasteiger partial charge in [0.05, 0.1) is 33.0 Å². The maximum atomic E-state index is 12.4. The van der Waals surface area contributed by atoms with Crippen molar-refractivity contribution in [1.29, 1.82) is 0 Å². The Morgan fingerprint density at radius 1 is 1.36 bits per heavy atom. The van der Waals surface area contributed by atoms with Crippen molar-refractivity contribution in [3.63, 3.8) is 0 Å². The standard InChI is InChI=1S/C19H28N2O4/c1-24-15-7-5-14(6-8-15)11-20-19(23)12-21-9-10-25-13-17(21)16-3-2-4-18(16)22/h5-8,16-18,22H,2-4,9-13H2,1H3,(H,20,23)/t16-,17+,18-/m0/s1. The average molecular weight is 348 g/mol. The van der Waals surface area contributed by atoms with Gasteiger partial charge in [0.1, 0.15) is 5.75 Å². The molecule has 138 valence electrons. The van der Waals surface area contributed by atoms with Gasteiger partial charge in [0.2, 0.25) is 5.91 Å². The van der Waals surface area contributed by atoms with Crippen molar-refractivity contribution in [3.8, 4) is 5.75 Å². The monoisotopic (exact) mass is 348 g/mol. The Balaban J connectivity index is 1.51. The smallest absolute Gasteiger partial charge is 0.234 e. The van der Waals surface area contributed by atoms with Gasteiger partial charge < -0.3 is 19.9 Å². The zero-order chi connectivity index (χ0) is 17.6. The van der Waals surface area contributed by atoms with Crippen molar-refractivity contribution < 1.29 is 19.4 Å². The molecule has 1 aliphatic carbocycles. The highest BCUT2D eigenvalue weighted by Crippen LogP contribution is 2.32. The van der Waals surface area contributed by atoms with Crippen molar-refractivity contribution >= 4 is 5.91 Å². The maximum absolute atomic E-state index is 12.4. The highest BCUT2D eigenvalue weighted by Gasteiger charge is 2.38. The Hall–Kier alpha value is -1.63. The molecule has 6 nitrogen and oxygen atoms in total. The number of morpholine rings is 1. The lowest BCUT2D eigenvalue weighted by Gasteiger charge is -2.39. The van der Waals surface area contributed by atoms with Gasteiger partial charge in [-0.1, -0.05) is 18.6 Å². The number of methoxy groups -OCH3 is 1. The molecule has 3 rings (SSSR count). The predicted molar refractivity (Wildman–Crippen MR) is 94.4 cm³/mol. The van der Waals surface area contributed by atoms with E-state index in [0.717, 1.165) is 37.1 Å². The van der Waals surface area contributed by atoms with Crippen LogP contribution in [0.25, 0.3) is 0 Å². The van der Waals surface area contributed by atoms with Crippen LogP contribution in [0.15, 0.2) is 24.3 Å². The fraction of sp³-hybridized carbons (Fsp3) is 0.632. The quantitative estimate of drug-likeness (QED) is 0.808. The molecule has 3 atom stereocenters. The van der Waals surface area contributed by atoms with E-state index in [-0.39, 0.29) is 24.0 Å². The highest BCUT2D eigenvalue weighted by molar-refractivity contribution is 5.78. The van der Waals surface area contributed by atoms with Gasteiger partial charge in [-0.05, 0) is 30.5 Å². The third-order valence-corrected chi connectivity index (χ3v) is 5.30. The molecule has 1 saturated heterocycles. The van der Waals surface area contributed by atoms with E-state index in [2.05, 4.69) is 10.2 Å². The van der Waals surface area contributed by atoms with Crippen LogP contribution in [-0.2, 0) is 16.1 Å². The van der Waals surface area contributed by atoms with Gasteiger partial charge in [-0.2, -0.15) is 0 Å². The number of rotatable bonds is 6. The number of carbonyl (C=O) groups is 1. The van der Waals surface area contributed by atoms with Crippen molar-refractivity contribution in [1.82, 2.24) is 10.2 Å². The topological polar surface area (TPSA) is 71.0 Å². The van der Waals surface area contributed by atoms with Gasteiger partial charge in [0.25, 0.3) is 0 Å². The molecule has 1 heterocycles. The summed E-state index contributed by atoms with van der Waals surface area (Å²) < 4.78 is 10.7. The van der Waals surface area contributed by atoms with E-state index in [1.807, 2.05) is 24.3 Å². The Morgan fingerprint density at radius 3 is 2.84 bits per heavy atom. The van der Waals surface area contributed by atoms with Crippen LogP contribution in [0.4, 0.5) is 0 Å². The van der Waals surface area contributed by atoms with Gasteiger partial charge in [-0.3, -0.25) is 9.69 Å². The van der Waals surface area contributed by atoms with Crippen LogP contribution in [0.3, 0.4) is 0 Å². The van der Waals surface area contributed by atoms with E-state index in [1.54, 1.807) is 7.11 Å². The van der Waals surface area contributed by atoms with E-state index < -0.39 is 0 Å². The third-order valence-electron chi connectivity index (χ3n) is 5.30. The van der Waals surface area contributed by atoms with Gasteiger partial charge >= 0.3 is 0 Å². The van der Waals surface area contributed by atoms with Gasteiger partial charge in [0.15, 0.2) is 0 Å². The minimum absolute atomic E-state index is 0.00945. The minimum Gasteiger partial charge on any atom is -0.497 e. The number of nitrogens with one attached hydrogen (secondary N) is 1. The van der Waals surface area contributed by atoms with E-state index in [9.17, 15) is 9.90 Å². The first kappa shape index (κ1) is 18.2. The van der Waals surface area contributed by atoms with E-state index in [4.69, 9.17) is 9.47 Å². The van der Waals surface area contributed by atoms with Crippen LogP contribution in [0, 0.1) is 5.92 Å². The summed E-state index contributed by atoms with van der Waals surface area (Å²) in [7, 11) is 1.64. The van der Waals surface area contributed by atoms with Crippen molar-refractivity contribution in [3.05, 3.63) is 29.8 Å². The van der Waals surface area contributed by atoms with Crippen LogP contribution in [-0.4, -0.2) is 61.5 Å². The summed E-state index contributed by atoms with van der Waals surface area (Å²) in [5, 5.41) is 13.2. The summed E-state index contributed by atoms with van der Waals surface area (Å²) >= 11 is 0. The third kappa shape index (κ3) is 4.71.